The molecular formula is C21H21ClN2O2. The van der Waals surface area contributed by atoms with Gasteiger partial charge in [0.1, 0.15) is 5.75 Å². The molecule has 3 rings (SSSR count). The number of aryl methyl sites for hydroxylation is 1. The van der Waals surface area contributed by atoms with Gasteiger partial charge in [-0.05, 0) is 49.7 Å². The van der Waals surface area contributed by atoms with E-state index in [0.29, 0.717) is 13.0 Å². The lowest BCUT2D eigenvalue weighted by Crippen LogP contribution is -1.96. The van der Waals surface area contributed by atoms with Crippen LogP contribution in [-0.4, -0.2) is 11.8 Å². The number of allylic oxidation sites excluding steroid dienone is 1. The Balaban J connectivity index is 1.83. The molecule has 0 fully saturated rings. The predicted octanol–water partition coefficient (Wildman–Crippen LogP) is 5.73. The van der Waals surface area contributed by atoms with Gasteiger partial charge in [0.2, 0.25) is 0 Å². The van der Waals surface area contributed by atoms with Crippen LogP contribution in [0.25, 0.3) is 5.57 Å². The van der Waals surface area contributed by atoms with E-state index in [2.05, 4.69) is 10.5 Å². The van der Waals surface area contributed by atoms with E-state index in [4.69, 9.17) is 20.9 Å². The molecule has 26 heavy (non-hydrogen) atoms. The molecule has 0 amide bonds. The Kier molecular flexibility index (Phi) is 5.97. The first-order chi connectivity index (χ1) is 12.7. The van der Waals surface area contributed by atoms with Crippen LogP contribution in [0.4, 0.5) is 5.69 Å². The van der Waals surface area contributed by atoms with Crippen molar-refractivity contribution in [1.29, 1.82) is 0 Å². The third kappa shape index (κ3) is 4.67. The molecule has 0 spiro atoms. The standard InChI is InChI=1S/C21H21ClN2O2/c1-3-25-19-10-8-18(9-11-19)23-14-17(21-12-15(2)24-26-21)13-16-6-4-5-7-20(16)22/h4-12,14,23H,3,13H2,1-2H3. The summed E-state index contributed by atoms with van der Waals surface area (Å²) in [6.45, 7) is 4.52. The third-order valence-electron chi connectivity index (χ3n) is 3.86. The summed E-state index contributed by atoms with van der Waals surface area (Å²) in [5.41, 5.74) is 3.79. The molecule has 1 aromatic heterocycles. The maximum absolute atomic E-state index is 6.32. The summed E-state index contributed by atoms with van der Waals surface area (Å²) in [7, 11) is 0. The molecule has 2 aromatic carbocycles. The fourth-order valence-electron chi connectivity index (χ4n) is 2.56. The molecule has 0 bridgehead atoms. The number of anilines is 1. The average Bonchev–Trinajstić information content (AvgIpc) is 3.08. The molecule has 0 radical (unpaired) electrons. The summed E-state index contributed by atoms with van der Waals surface area (Å²) in [6.07, 6.45) is 2.57. The number of hydrogen-bond donors (Lipinski definition) is 1. The maximum Gasteiger partial charge on any atom is 0.164 e. The first-order valence-corrected chi connectivity index (χ1v) is 8.89. The molecule has 0 saturated carbocycles. The molecule has 4 nitrogen and oxygen atoms in total. The number of nitrogens with zero attached hydrogens (tertiary/aromatic N) is 1. The van der Waals surface area contributed by atoms with Gasteiger partial charge in [-0.2, -0.15) is 0 Å². The van der Waals surface area contributed by atoms with Gasteiger partial charge in [-0.1, -0.05) is 35.0 Å². The highest BCUT2D eigenvalue weighted by molar-refractivity contribution is 6.31. The Hall–Kier alpha value is -2.72. The smallest absolute Gasteiger partial charge is 0.164 e. The number of ether oxygens (including phenoxy) is 1. The van der Waals surface area contributed by atoms with E-state index < -0.39 is 0 Å². The second kappa shape index (κ2) is 8.59. The second-order valence-electron chi connectivity index (χ2n) is 5.87. The van der Waals surface area contributed by atoms with Crippen LogP contribution < -0.4 is 10.1 Å². The maximum atomic E-state index is 6.32. The van der Waals surface area contributed by atoms with E-state index in [-0.39, 0.29) is 0 Å². The molecule has 134 valence electrons. The Morgan fingerprint density at radius 3 is 2.62 bits per heavy atom. The van der Waals surface area contributed by atoms with Crippen LogP contribution in [0.5, 0.6) is 5.75 Å². The van der Waals surface area contributed by atoms with Gasteiger partial charge in [-0.25, -0.2) is 0 Å². The summed E-state index contributed by atoms with van der Waals surface area (Å²) in [4.78, 5) is 0. The molecule has 0 atom stereocenters. The van der Waals surface area contributed by atoms with Crippen molar-refractivity contribution in [3.05, 3.63) is 82.8 Å². The molecule has 0 aliphatic rings. The predicted molar refractivity (Wildman–Crippen MR) is 106 cm³/mol. The van der Waals surface area contributed by atoms with E-state index in [1.807, 2.05) is 74.6 Å². The number of rotatable bonds is 7. The van der Waals surface area contributed by atoms with Crippen molar-refractivity contribution in [3.63, 3.8) is 0 Å². The highest BCUT2D eigenvalue weighted by Gasteiger charge is 2.11. The first-order valence-electron chi connectivity index (χ1n) is 8.51. The Bertz CT molecular complexity index is 885. The minimum Gasteiger partial charge on any atom is -0.494 e. The first kappa shape index (κ1) is 18.1. The van der Waals surface area contributed by atoms with Crippen LogP contribution in [0.15, 0.2) is 65.3 Å². The topological polar surface area (TPSA) is 47.3 Å². The Morgan fingerprint density at radius 1 is 1.19 bits per heavy atom. The molecule has 1 N–H and O–H groups in total. The minimum absolute atomic E-state index is 0.637. The third-order valence-corrected chi connectivity index (χ3v) is 4.23. The van der Waals surface area contributed by atoms with E-state index in [1.165, 1.54) is 0 Å². The van der Waals surface area contributed by atoms with Gasteiger partial charge in [-0.3, -0.25) is 0 Å². The zero-order chi connectivity index (χ0) is 18.4. The summed E-state index contributed by atoms with van der Waals surface area (Å²) < 4.78 is 10.9. The van der Waals surface area contributed by atoms with Crippen molar-refractivity contribution in [2.45, 2.75) is 20.3 Å². The summed E-state index contributed by atoms with van der Waals surface area (Å²) in [5.74, 6) is 1.57. The van der Waals surface area contributed by atoms with Crippen molar-refractivity contribution >= 4 is 22.9 Å². The number of aromatic nitrogens is 1. The van der Waals surface area contributed by atoms with Crippen LogP contribution in [0.2, 0.25) is 5.02 Å². The van der Waals surface area contributed by atoms with Crippen LogP contribution in [0.1, 0.15) is 23.9 Å². The fourth-order valence-corrected chi connectivity index (χ4v) is 2.76. The molecule has 5 heteroatoms. The van der Waals surface area contributed by atoms with Gasteiger partial charge in [0.15, 0.2) is 5.76 Å². The van der Waals surface area contributed by atoms with E-state index in [0.717, 1.165) is 39.1 Å². The van der Waals surface area contributed by atoms with Gasteiger partial charge < -0.3 is 14.6 Å². The zero-order valence-electron chi connectivity index (χ0n) is 14.8. The van der Waals surface area contributed by atoms with Crippen molar-refractivity contribution in [1.82, 2.24) is 5.16 Å². The lowest BCUT2D eigenvalue weighted by Gasteiger charge is -2.09. The van der Waals surface area contributed by atoms with Gasteiger partial charge in [0.25, 0.3) is 0 Å². The number of benzene rings is 2. The molecule has 0 aliphatic heterocycles. The Labute approximate surface area is 158 Å². The van der Waals surface area contributed by atoms with Crippen molar-refractivity contribution in [3.8, 4) is 5.75 Å². The van der Waals surface area contributed by atoms with E-state index >= 15 is 0 Å². The molecule has 0 saturated heterocycles. The fraction of sp³-hybridized carbons (Fsp3) is 0.190. The summed E-state index contributed by atoms with van der Waals surface area (Å²) in [6, 6.07) is 17.5. The van der Waals surface area contributed by atoms with Crippen LogP contribution in [0, 0.1) is 6.92 Å². The molecule has 0 aliphatic carbocycles. The number of halogens is 1. The van der Waals surface area contributed by atoms with E-state index in [1.54, 1.807) is 0 Å². The van der Waals surface area contributed by atoms with Gasteiger partial charge in [0, 0.05) is 35.0 Å². The number of nitrogens with one attached hydrogen (secondary N) is 1. The van der Waals surface area contributed by atoms with E-state index in [9.17, 15) is 0 Å². The van der Waals surface area contributed by atoms with Crippen LogP contribution in [-0.2, 0) is 6.42 Å². The quantitative estimate of drug-likeness (QED) is 0.578. The largest absolute Gasteiger partial charge is 0.494 e. The van der Waals surface area contributed by atoms with Crippen molar-refractivity contribution < 1.29 is 9.26 Å². The minimum atomic E-state index is 0.637. The van der Waals surface area contributed by atoms with Gasteiger partial charge >= 0.3 is 0 Å². The highest BCUT2D eigenvalue weighted by Crippen LogP contribution is 2.25. The summed E-state index contributed by atoms with van der Waals surface area (Å²) >= 11 is 6.32. The second-order valence-corrected chi connectivity index (χ2v) is 6.28. The van der Waals surface area contributed by atoms with Gasteiger partial charge in [-0.15, -0.1) is 0 Å². The summed E-state index contributed by atoms with van der Waals surface area (Å²) in [5, 5.41) is 8.04. The van der Waals surface area contributed by atoms with Gasteiger partial charge in [0.05, 0.1) is 12.3 Å². The van der Waals surface area contributed by atoms with Crippen molar-refractivity contribution in [2.24, 2.45) is 0 Å². The highest BCUT2D eigenvalue weighted by atomic mass is 35.5. The molecular weight excluding hydrogens is 348 g/mol. The van der Waals surface area contributed by atoms with Crippen molar-refractivity contribution in [2.75, 3.05) is 11.9 Å². The monoisotopic (exact) mass is 368 g/mol. The average molecular weight is 369 g/mol. The molecule has 0 unspecified atom stereocenters. The molecule has 1 heterocycles. The number of hydrogen-bond acceptors (Lipinski definition) is 4. The lowest BCUT2D eigenvalue weighted by molar-refractivity contribution is 0.340. The lowest BCUT2D eigenvalue weighted by atomic mass is 10.0. The molecule has 3 aromatic rings. The zero-order valence-corrected chi connectivity index (χ0v) is 15.6. The van der Waals surface area contributed by atoms with Crippen LogP contribution >= 0.6 is 11.6 Å². The SMILES string of the molecule is CCOc1ccc(NC=C(Cc2ccccc2Cl)c2cc(C)no2)cc1. The normalized spacial score (nSPS) is 11.4. The Morgan fingerprint density at radius 2 is 1.96 bits per heavy atom. The van der Waals surface area contributed by atoms with Crippen LogP contribution in [0.3, 0.4) is 0 Å².